The molecule has 0 heterocycles. The SMILES string of the molecule is COCc1ccc(Br)cc1C1(N)CC1. The van der Waals surface area contributed by atoms with Gasteiger partial charge in [0.15, 0.2) is 0 Å². The van der Waals surface area contributed by atoms with Crippen LogP contribution in [0.2, 0.25) is 0 Å². The number of methoxy groups -OCH3 is 1. The molecule has 1 aromatic carbocycles. The molecular weight excluding hydrogens is 242 g/mol. The molecule has 0 saturated heterocycles. The summed E-state index contributed by atoms with van der Waals surface area (Å²) in [6.45, 7) is 0.640. The van der Waals surface area contributed by atoms with Crippen LogP contribution in [-0.4, -0.2) is 7.11 Å². The molecule has 0 bridgehead atoms. The molecule has 0 atom stereocenters. The van der Waals surface area contributed by atoms with Crippen molar-refractivity contribution in [2.24, 2.45) is 5.73 Å². The van der Waals surface area contributed by atoms with Crippen LogP contribution < -0.4 is 5.73 Å². The Labute approximate surface area is 92.6 Å². The van der Waals surface area contributed by atoms with Crippen molar-refractivity contribution in [2.45, 2.75) is 25.0 Å². The third-order valence-electron chi connectivity index (χ3n) is 2.70. The first kappa shape index (κ1) is 10.1. The molecule has 1 aliphatic rings. The number of hydrogen-bond donors (Lipinski definition) is 1. The van der Waals surface area contributed by atoms with Crippen molar-refractivity contribution < 1.29 is 4.74 Å². The first-order valence-electron chi connectivity index (χ1n) is 4.72. The summed E-state index contributed by atoms with van der Waals surface area (Å²) in [6.07, 6.45) is 2.17. The summed E-state index contributed by atoms with van der Waals surface area (Å²) in [7, 11) is 1.71. The highest BCUT2D eigenvalue weighted by molar-refractivity contribution is 9.10. The smallest absolute Gasteiger partial charge is 0.0716 e. The predicted octanol–water partition coefficient (Wildman–Crippen LogP) is 2.54. The van der Waals surface area contributed by atoms with Gasteiger partial charge in [-0.15, -0.1) is 0 Å². The summed E-state index contributed by atoms with van der Waals surface area (Å²) in [6, 6.07) is 6.22. The van der Waals surface area contributed by atoms with Crippen LogP contribution in [0.4, 0.5) is 0 Å². The number of halogens is 1. The van der Waals surface area contributed by atoms with Crippen LogP contribution in [0.1, 0.15) is 24.0 Å². The highest BCUT2D eigenvalue weighted by Crippen LogP contribution is 2.44. The lowest BCUT2D eigenvalue weighted by molar-refractivity contribution is 0.183. The Hall–Kier alpha value is -0.380. The Morgan fingerprint density at radius 1 is 1.50 bits per heavy atom. The quantitative estimate of drug-likeness (QED) is 0.901. The monoisotopic (exact) mass is 255 g/mol. The molecule has 2 rings (SSSR count). The molecule has 0 radical (unpaired) electrons. The molecule has 14 heavy (non-hydrogen) atoms. The number of nitrogens with two attached hydrogens (primary N) is 1. The second-order valence-corrected chi connectivity index (χ2v) is 4.81. The zero-order valence-electron chi connectivity index (χ0n) is 8.22. The second kappa shape index (κ2) is 3.65. The van der Waals surface area contributed by atoms with E-state index in [1.807, 2.05) is 6.07 Å². The maximum absolute atomic E-state index is 6.19. The summed E-state index contributed by atoms with van der Waals surface area (Å²) in [5.74, 6) is 0. The number of rotatable bonds is 3. The van der Waals surface area contributed by atoms with Gasteiger partial charge in [0, 0.05) is 17.1 Å². The predicted molar refractivity (Wildman–Crippen MR) is 60.0 cm³/mol. The Morgan fingerprint density at radius 3 is 2.79 bits per heavy atom. The van der Waals surface area contributed by atoms with E-state index >= 15 is 0 Å². The first-order valence-corrected chi connectivity index (χ1v) is 5.52. The molecule has 0 amide bonds. The minimum Gasteiger partial charge on any atom is -0.380 e. The van der Waals surface area contributed by atoms with Crippen molar-refractivity contribution in [3.8, 4) is 0 Å². The van der Waals surface area contributed by atoms with Gasteiger partial charge in [0.2, 0.25) is 0 Å². The molecule has 3 heteroatoms. The van der Waals surface area contributed by atoms with Gasteiger partial charge in [-0.05, 0) is 36.1 Å². The van der Waals surface area contributed by atoms with Crippen molar-refractivity contribution >= 4 is 15.9 Å². The number of ether oxygens (including phenoxy) is 1. The van der Waals surface area contributed by atoms with Gasteiger partial charge in [0.25, 0.3) is 0 Å². The molecule has 1 aromatic rings. The van der Waals surface area contributed by atoms with Gasteiger partial charge in [-0.2, -0.15) is 0 Å². The van der Waals surface area contributed by atoms with Gasteiger partial charge in [-0.3, -0.25) is 0 Å². The van der Waals surface area contributed by atoms with Gasteiger partial charge in [-0.1, -0.05) is 22.0 Å². The Morgan fingerprint density at radius 2 is 2.21 bits per heavy atom. The minimum absolute atomic E-state index is 0.0857. The second-order valence-electron chi connectivity index (χ2n) is 3.89. The third-order valence-corrected chi connectivity index (χ3v) is 3.19. The molecule has 0 aliphatic heterocycles. The summed E-state index contributed by atoms with van der Waals surface area (Å²) in [5.41, 5.74) is 8.54. The summed E-state index contributed by atoms with van der Waals surface area (Å²) in [4.78, 5) is 0. The number of hydrogen-bond acceptors (Lipinski definition) is 2. The highest BCUT2D eigenvalue weighted by Gasteiger charge is 2.41. The van der Waals surface area contributed by atoms with E-state index in [1.54, 1.807) is 7.11 Å². The minimum atomic E-state index is -0.0857. The fourth-order valence-electron chi connectivity index (χ4n) is 1.70. The van der Waals surface area contributed by atoms with E-state index in [2.05, 4.69) is 28.1 Å². The van der Waals surface area contributed by atoms with Gasteiger partial charge >= 0.3 is 0 Å². The van der Waals surface area contributed by atoms with Crippen LogP contribution in [-0.2, 0) is 16.9 Å². The van der Waals surface area contributed by atoms with E-state index in [-0.39, 0.29) is 5.54 Å². The molecule has 1 aliphatic carbocycles. The standard InChI is InChI=1S/C11H14BrNO/c1-14-7-8-2-3-9(12)6-10(8)11(13)4-5-11/h2-3,6H,4-5,7,13H2,1H3. The summed E-state index contributed by atoms with van der Waals surface area (Å²) in [5, 5.41) is 0. The Bertz CT molecular complexity index is 347. The molecule has 0 aromatic heterocycles. The van der Waals surface area contributed by atoms with Gasteiger partial charge < -0.3 is 10.5 Å². The van der Waals surface area contributed by atoms with Crippen molar-refractivity contribution in [1.29, 1.82) is 0 Å². The maximum atomic E-state index is 6.19. The molecule has 2 nitrogen and oxygen atoms in total. The van der Waals surface area contributed by atoms with E-state index in [9.17, 15) is 0 Å². The van der Waals surface area contributed by atoms with Crippen molar-refractivity contribution in [3.63, 3.8) is 0 Å². The fourth-order valence-corrected chi connectivity index (χ4v) is 2.06. The van der Waals surface area contributed by atoms with Crippen LogP contribution in [0.15, 0.2) is 22.7 Å². The van der Waals surface area contributed by atoms with Gasteiger partial charge in [0.05, 0.1) is 6.61 Å². The lowest BCUT2D eigenvalue weighted by Gasteiger charge is -2.15. The van der Waals surface area contributed by atoms with Gasteiger partial charge in [0.1, 0.15) is 0 Å². The van der Waals surface area contributed by atoms with Crippen molar-refractivity contribution in [2.75, 3.05) is 7.11 Å². The third kappa shape index (κ3) is 1.85. The lowest BCUT2D eigenvalue weighted by Crippen LogP contribution is -2.20. The molecule has 1 saturated carbocycles. The maximum Gasteiger partial charge on any atom is 0.0716 e. The van der Waals surface area contributed by atoms with E-state index in [4.69, 9.17) is 10.5 Å². The van der Waals surface area contributed by atoms with Crippen LogP contribution in [0.25, 0.3) is 0 Å². The zero-order chi connectivity index (χ0) is 10.2. The average molecular weight is 256 g/mol. The van der Waals surface area contributed by atoms with Crippen molar-refractivity contribution in [1.82, 2.24) is 0 Å². The zero-order valence-corrected chi connectivity index (χ0v) is 9.80. The normalized spacial score (nSPS) is 18.2. The summed E-state index contributed by atoms with van der Waals surface area (Å²) >= 11 is 3.47. The first-order chi connectivity index (χ1) is 6.65. The van der Waals surface area contributed by atoms with Crippen LogP contribution in [0.3, 0.4) is 0 Å². The van der Waals surface area contributed by atoms with Crippen molar-refractivity contribution in [3.05, 3.63) is 33.8 Å². The molecule has 0 spiro atoms. The van der Waals surface area contributed by atoms with Crippen LogP contribution in [0, 0.1) is 0 Å². The van der Waals surface area contributed by atoms with E-state index in [1.165, 1.54) is 11.1 Å². The molecule has 2 N–H and O–H groups in total. The Balaban J connectivity index is 2.38. The van der Waals surface area contributed by atoms with E-state index in [0.717, 1.165) is 17.3 Å². The highest BCUT2D eigenvalue weighted by atomic mass is 79.9. The molecular formula is C11H14BrNO. The topological polar surface area (TPSA) is 35.2 Å². The fraction of sp³-hybridized carbons (Fsp3) is 0.455. The Kier molecular flexibility index (Phi) is 2.64. The van der Waals surface area contributed by atoms with E-state index in [0.29, 0.717) is 6.61 Å². The van der Waals surface area contributed by atoms with Crippen LogP contribution >= 0.6 is 15.9 Å². The summed E-state index contributed by atoms with van der Waals surface area (Å²) < 4.78 is 6.25. The molecule has 76 valence electrons. The largest absolute Gasteiger partial charge is 0.380 e. The molecule has 0 unspecified atom stereocenters. The lowest BCUT2D eigenvalue weighted by atomic mass is 10.00. The average Bonchev–Trinajstić information content (AvgIpc) is 2.89. The molecule has 1 fully saturated rings. The van der Waals surface area contributed by atoms with Gasteiger partial charge in [-0.25, -0.2) is 0 Å². The number of benzene rings is 1. The van der Waals surface area contributed by atoms with Crippen LogP contribution in [0.5, 0.6) is 0 Å². The van der Waals surface area contributed by atoms with E-state index < -0.39 is 0 Å².